The van der Waals surface area contributed by atoms with Gasteiger partial charge in [0.05, 0.1) is 46.0 Å². The van der Waals surface area contributed by atoms with Crippen LogP contribution >= 0.6 is 11.3 Å². The van der Waals surface area contributed by atoms with E-state index in [1.54, 1.807) is 15.8 Å². The summed E-state index contributed by atoms with van der Waals surface area (Å²) in [5, 5.41) is 5.18. The molecule has 0 spiro atoms. The fourth-order valence-electron chi connectivity index (χ4n) is 3.81. The predicted octanol–water partition coefficient (Wildman–Crippen LogP) is 4.62. The van der Waals surface area contributed by atoms with E-state index in [1.807, 2.05) is 61.5 Å². The Morgan fingerprint density at radius 1 is 1.20 bits per heavy atom. The van der Waals surface area contributed by atoms with Crippen molar-refractivity contribution < 1.29 is 9.53 Å². The maximum atomic E-state index is 13.7. The van der Waals surface area contributed by atoms with Gasteiger partial charge in [-0.15, -0.1) is 0 Å². The Kier molecular flexibility index (Phi) is 5.06. The number of amides is 1. The van der Waals surface area contributed by atoms with Crippen molar-refractivity contribution in [3.63, 3.8) is 0 Å². The summed E-state index contributed by atoms with van der Waals surface area (Å²) in [4.78, 5) is 20.2. The van der Waals surface area contributed by atoms with Crippen molar-refractivity contribution >= 4 is 32.6 Å². The summed E-state index contributed by atoms with van der Waals surface area (Å²) in [6, 6.07) is 17.8. The Morgan fingerprint density at radius 2 is 2.00 bits per heavy atom. The van der Waals surface area contributed by atoms with Crippen molar-refractivity contribution in [2.24, 2.45) is 0 Å². The maximum Gasteiger partial charge on any atom is 0.263 e. The van der Waals surface area contributed by atoms with Crippen LogP contribution in [-0.2, 0) is 4.74 Å². The second-order valence-corrected chi connectivity index (χ2v) is 8.42. The third-order valence-electron chi connectivity index (χ3n) is 5.41. The monoisotopic (exact) mass is 418 g/mol. The van der Waals surface area contributed by atoms with Gasteiger partial charge in [-0.1, -0.05) is 41.7 Å². The third kappa shape index (κ3) is 3.51. The van der Waals surface area contributed by atoms with Gasteiger partial charge in [0.15, 0.2) is 5.13 Å². The minimum absolute atomic E-state index is 0.0328. The molecule has 2 aromatic carbocycles. The van der Waals surface area contributed by atoms with E-state index in [4.69, 9.17) is 9.72 Å². The molecule has 1 aliphatic rings. The van der Waals surface area contributed by atoms with Crippen LogP contribution in [0.3, 0.4) is 0 Å². The molecule has 1 unspecified atom stereocenters. The van der Waals surface area contributed by atoms with Crippen LogP contribution in [-0.4, -0.2) is 39.9 Å². The Hall–Kier alpha value is -3.03. The summed E-state index contributed by atoms with van der Waals surface area (Å²) in [7, 11) is 0. The summed E-state index contributed by atoms with van der Waals surface area (Å²) < 4.78 is 8.70. The van der Waals surface area contributed by atoms with Crippen LogP contribution in [0.1, 0.15) is 28.9 Å². The molecule has 4 aromatic rings. The molecule has 1 saturated heterocycles. The molecule has 30 heavy (non-hydrogen) atoms. The molecule has 0 bridgehead atoms. The van der Waals surface area contributed by atoms with Crippen molar-refractivity contribution in [3.8, 4) is 5.69 Å². The zero-order valence-electron chi connectivity index (χ0n) is 16.7. The van der Waals surface area contributed by atoms with Gasteiger partial charge in [-0.05, 0) is 44.0 Å². The SMILES string of the molecule is Cc1c(C(=O)N(CC2CCCO2)c2nc3ccccc3s2)cnn1-c1ccccc1. The first-order valence-corrected chi connectivity index (χ1v) is 10.9. The van der Waals surface area contributed by atoms with Crippen molar-refractivity contribution in [2.75, 3.05) is 18.1 Å². The van der Waals surface area contributed by atoms with Crippen molar-refractivity contribution in [1.82, 2.24) is 14.8 Å². The van der Waals surface area contributed by atoms with Gasteiger partial charge < -0.3 is 4.74 Å². The van der Waals surface area contributed by atoms with Crippen LogP contribution < -0.4 is 4.90 Å². The molecule has 0 saturated carbocycles. The Labute approximate surface area is 178 Å². The molecule has 152 valence electrons. The molecule has 0 N–H and O–H groups in total. The average Bonchev–Trinajstić information content (AvgIpc) is 3.51. The largest absolute Gasteiger partial charge is 0.376 e. The van der Waals surface area contributed by atoms with Gasteiger partial charge >= 0.3 is 0 Å². The number of thiazole rings is 1. The number of anilines is 1. The Morgan fingerprint density at radius 3 is 2.77 bits per heavy atom. The third-order valence-corrected chi connectivity index (χ3v) is 6.47. The lowest BCUT2D eigenvalue weighted by Crippen LogP contribution is -2.37. The number of ether oxygens (including phenoxy) is 1. The number of fused-ring (bicyclic) bond motifs is 1. The smallest absolute Gasteiger partial charge is 0.263 e. The van der Waals surface area contributed by atoms with E-state index in [9.17, 15) is 4.79 Å². The molecule has 1 fully saturated rings. The lowest BCUT2D eigenvalue weighted by atomic mass is 10.2. The topological polar surface area (TPSA) is 60.3 Å². The van der Waals surface area contributed by atoms with Crippen LogP contribution in [0.2, 0.25) is 0 Å². The first-order valence-electron chi connectivity index (χ1n) is 10.1. The molecule has 1 aliphatic heterocycles. The van der Waals surface area contributed by atoms with E-state index < -0.39 is 0 Å². The predicted molar refractivity (Wildman–Crippen MR) is 119 cm³/mol. The summed E-state index contributed by atoms with van der Waals surface area (Å²) in [6.45, 7) is 3.17. The number of carbonyl (C=O) groups is 1. The first-order chi connectivity index (χ1) is 14.7. The normalized spacial score (nSPS) is 16.2. The van der Waals surface area contributed by atoms with E-state index in [0.717, 1.165) is 41.0 Å². The van der Waals surface area contributed by atoms with E-state index >= 15 is 0 Å². The molecule has 6 nitrogen and oxygen atoms in total. The van der Waals surface area contributed by atoms with Gasteiger partial charge in [0.25, 0.3) is 5.91 Å². The lowest BCUT2D eigenvalue weighted by Gasteiger charge is -2.23. The first kappa shape index (κ1) is 19.0. The minimum atomic E-state index is -0.0933. The summed E-state index contributed by atoms with van der Waals surface area (Å²) in [5.41, 5.74) is 3.22. The highest BCUT2D eigenvalue weighted by Crippen LogP contribution is 2.31. The van der Waals surface area contributed by atoms with Gasteiger partial charge in [-0.25, -0.2) is 9.67 Å². The molecule has 1 atom stereocenters. The molecular weight excluding hydrogens is 396 g/mol. The fraction of sp³-hybridized carbons (Fsp3) is 0.261. The van der Waals surface area contributed by atoms with Crippen LogP contribution in [0.25, 0.3) is 15.9 Å². The Balaban J connectivity index is 1.52. The highest BCUT2D eigenvalue weighted by Gasteiger charge is 2.29. The van der Waals surface area contributed by atoms with Gasteiger partial charge in [-0.2, -0.15) is 5.10 Å². The van der Waals surface area contributed by atoms with Gasteiger partial charge in [0.1, 0.15) is 0 Å². The summed E-state index contributed by atoms with van der Waals surface area (Å²) in [6.07, 6.45) is 3.67. The second kappa shape index (κ2) is 8.01. The number of carbonyl (C=O) groups excluding carboxylic acids is 1. The number of benzene rings is 2. The van der Waals surface area contributed by atoms with Crippen LogP contribution in [0.4, 0.5) is 5.13 Å². The molecule has 0 aliphatic carbocycles. The van der Waals surface area contributed by atoms with E-state index in [1.165, 1.54) is 11.3 Å². The number of para-hydroxylation sites is 2. The molecule has 5 rings (SSSR count). The van der Waals surface area contributed by atoms with Crippen LogP contribution in [0.15, 0.2) is 60.8 Å². The van der Waals surface area contributed by atoms with E-state index in [0.29, 0.717) is 17.2 Å². The van der Waals surface area contributed by atoms with Crippen molar-refractivity contribution in [2.45, 2.75) is 25.9 Å². The standard InChI is InChI=1S/C23H22N4O2S/c1-16-19(14-24-27(16)17-8-3-2-4-9-17)22(28)26(15-18-10-7-13-29-18)23-25-20-11-5-6-12-21(20)30-23/h2-6,8-9,11-12,14,18H,7,10,13,15H2,1H3. The minimum Gasteiger partial charge on any atom is -0.376 e. The fourth-order valence-corrected chi connectivity index (χ4v) is 4.78. The van der Waals surface area contributed by atoms with E-state index in [2.05, 4.69) is 5.10 Å². The number of rotatable bonds is 5. The number of hydrogen-bond donors (Lipinski definition) is 0. The molecular formula is C23H22N4O2S. The van der Waals surface area contributed by atoms with Gasteiger partial charge in [-0.3, -0.25) is 9.69 Å². The summed E-state index contributed by atoms with van der Waals surface area (Å²) in [5.74, 6) is -0.0933. The average molecular weight is 419 g/mol. The lowest BCUT2D eigenvalue weighted by molar-refractivity contribution is 0.0917. The second-order valence-electron chi connectivity index (χ2n) is 7.41. The highest BCUT2D eigenvalue weighted by atomic mass is 32.1. The van der Waals surface area contributed by atoms with Crippen LogP contribution in [0, 0.1) is 6.92 Å². The van der Waals surface area contributed by atoms with Gasteiger partial charge in [0, 0.05) is 6.61 Å². The highest BCUT2D eigenvalue weighted by molar-refractivity contribution is 7.22. The van der Waals surface area contributed by atoms with Crippen molar-refractivity contribution in [3.05, 3.63) is 72.1 Å². The molecule has 7 heteroatoms. The quantitative estimate of drug-likeness (QED) is 0.475. The number of nitrogens with zero attached hydrogens (tertiary/aromatic N) is 4. The molecule has 2 aromatic heterocycles. The van der Waals surface area contributed by atoms with Crippen LogP contribution in [0.5, 0.6) is 0 Å². The molecule has 3 heterocycles. The Bertz CT molecular complexity index is 1150. The number of hydrogen-bond acceptors (Lipinski definition) is 5. The molecule has 1 amide bonds. The van der Waals surface area contributed by atoms with Gasteiger partial charge in [0.2, 0.25) is 0 Å². The number of aromatic nitrogens is 3. The van der Waals surface area contributed by atoms with Crippen molar-refractivity contribution in [1.29, 1.82) is 0 Å². The summed E-state index contributed by atoms with van der Waals surface area (Å²) >= 11 is 1.53. The maximum absolute atomic E-state index is 13.7. The van der Waals surface area contributed by atoms with E-state index in [-0.39, 0.29) is 12.0 Å². The molecule has 0 radical (unpaired) electrons. The zero-order valence-corrected chi connectivity index (χ0v) is 17.5. The zero-order chi connectivity index (χ0) is 20.5.